The Hall–Kier alpha value is -1.58. The van der Waals surface area contributed by atoms with Gasteiger partial charge in [0, 0.05) is 5.56 Å². The largest absolute Gasteiger partial charge is 0.493 e. The monoisotopic (exact) mass is 399 g/mol. The van der Waals surface area contributed by atoms with Crippen molar-refractivity contribution in [1.82, 2.24) is 4.90 Å². The molecule has 2 saturated heterocycles. The molecule has 0 aliphatic carbocycles. The first-order valence-corrected chi connectivity index (χ1v) is 10.6. The van der Waals surface area contributed by atoms with Crippen LogP contribution in [0, 0.1) is 0 Å². The highest BCUT2D eigenvalue weighted by atomic mass is 32.2. The SMILES string of the molecule is COc1cccc(/C=C2/SC(=S)N(C3CCS(=O)(=O)C3)C2=O)c1OC. The van der Waals surface area contributed by atoms with Crippen molar-refractivity contribution in [3.05, 3.63) is 28.7 Å². The summed E-state index contributed by atoms with van der Waals surface area (Å²) in [5.74, 6) is 0.890. The molecule has 9 heteroatoms. The van der Waals surface area contributed by atoms with Crippen LogP contribution in [-0.2, 0) is 14.6 Å². The van der Waals surface area contributed by atoms with Crippen LogP contribution in [0.3, 0.4) is 0 Å². The summed E-state index contributed by atoms with van der Waals surface area (Å²) in [5.41, 5.74) is 0.696. The van der Waals surface area contributed by atoms with E-state index in [1.807, 2.05) is 6.07 Å². The standard InChI is InChI=1S/C16H17NO5S3/c1-21-12-5-3-4-10(14(12)22-2)8-13-15(18)17(16(23)24-13)11-6-7-25(19,20)9-11/h3-5,8,11H,6-7,9H2,1-2H3/b13-8+. The molecule has 2 heterocycles. The van der Waals surface area contributed by atoms with Crippen LogP contribution in [0.2, 0.25) is 0 Å². The van der Waals surface area contributed by atoms with Crippen molar-refractivity contribution in [2.45, 2.75) is 12.5 Å². The van der Waals surface area contributed by atoms with Crippen molar-refractivity contribution in [3.8, 4) is 11.5 Å². The van der Waals surface area contributed by atoms with Gasteiger partial charge < -0.3 is 9.47 Å². The summed E-state index contributed by atoms with van der Waals surface area (Å²) in [6, 6.07) is 5.01. The molecule has 0 aromatic heterocycles. The third-order valence-electron chi connectivity index (χ3n) is 4.12. The van der Waals surface area contributed by atoms with Gasteiger partial charge in [0.15, 0.2) is 21.3 Å². The van der Waals surface area contributed by atoms with Gasteiger partial charge in [0.25, 0.3) is 5.91 Å². The number of hydrogen-bond acceptors (Lipinski definition) is 7. The Morgan fingerprint density at radius 3 is 2.68 bits per heavy atom. The molecule has 1 amide bonds. The average molecular weight is 400 g/mol. The van der Waals surface area contributed by atoms with E-state index in [4.69, 9.17) is 21.7 Å². The van der Waals surface area contributed by atoms with E-state index in [2.05, 4.69) is 0 Å². The van der Waals surface area contributed by atoms with Gasteiger partial charge in [0.05, 0.1) is 36.7 Å². The number of carbonyl (C=O) groups excluding carboxylic acids is 1. The number of benzene rings is 1. The summed E-state index contributed by atoms with van der Waals surface area (Å²) in [4.78, 5) is 14.6. The number of thioether (sulfide) groups is 1. The van der Waals surface area contributed by atoms with Crippen molar-refractivity contribution in [2.75, 3.05) is 25.7 Å². The van der Waals surface area contributed by atoms with E-state index >= 15 is 0 Å². The van der Waals surface area contributed by atoms with Crippen LogP contribution in [0.25, 0.3) is 6.08 Å². The van der Waals surface area contributed by atoms with Crippen LogP contribution in [0.1, 0.15) is 12.0 Å². The lowest BCUT2D eigenvalue weighted by molar-refractivity contribution is -0.123. The molecule has 1 aromatic rings. The summed E-state index contributed by atoms with van der Waals surface area (Å²) in [7, 11) is -0.0197. The molecule has 6 nitrogen and oxygen atoms in total. The number of hydrogen-bond donors (Lipinski definition) is 0. The minimum Gasteiger partial charge on any atom is -0.493 e. The first-order valence-electron chi connectivity index (χ1n) is 7.55. The molecular formula is C16H17NO5S3. The highest BCUT2D eigenvalue weighted by Gasteiger charge is 2.42. The van der Waals surface area contributed by atoms with Crippen LogP contribution >= 0.6 is 24.0 Å². The third-order valence-corrected chi connectivity index (χ3v) is 7.20. The lowest BCUT2D eigenvalue weighted by Crippen LogP contribution is -2.39. The van der Waals surface area contributed by atoms with Crippen LogP contribution in [0.15, 0.2) is 23.1 Å². The van der Waals surface area contributed by atoms with E-state index in [1.54, 1.807) is 25.3 Å². The summed E-state index contributed by atoms with van der Waals surface area (Å²) in [5, 5.41) is 0. The lowest BCUT2D eigenvalue weighted by Gasteiger charge is -2.20. The van der Waals surface area contributed by atoms with Crippen molar-refractivity contribution in [1.29, 1.82) is 0 Å². The predicted octanol–water partition coefficient (Wildman–Crippen LogP) is 2.09. The van der Waals surface area contributed by atoms with Gasteiger partial charge in [-0.25, -0.2) is 8.42 Å². The molecule has 0 radical (unpaired) electrons. The topological polar surface area (TPSA) is 72.9 Å². The number of nitrogens with zero attached hydrogens (tertiary/aromatic N) is 1. The zero-order valence-electron chi connectivity index (χ0n) is 13.7. The number of methoxy groups -OCH3 is 2. The Kier molecular flexibility index (Phi) is 5.08. The van der Waals surface area contributed by atoms with Gasteiger partial charge in [0.1, 0.15) is 4.32 Å². The second-order valence-corrected chi connectivity index (χ2v) is 9.60. The van der Waals surface area contributed by atoms with Crippen LogP contribution < -0.4 is 9.47 Å². The number of rotatable bonds is 4. The summed E-state index contributed by atoms with van der Waals surface area (Å²) < 4.78 is 34.4. The van der Waals surface area contributed by atoms with Crippen molar-refractivity contribution in [3.63, 3.8) is 0 Å². The minimum atomic E-state index is -3.09. The fourth-order valence-electron chi connectivity index (χ4n) is 2.94. The molecule has 1 aromatic carbocycles. The number of amides is 1. The zero-order chi connectivity index (χ0) is 18.2. The molecule has 0 saturated carbocycles. The molecule has 2 aliphatic heterocycles. The average Bonchev–Trinajstić information content (AvgIpc) is 3.06. The molecule has 0 spiro atoms. The Morgan fingerprint density at radius 1 is 1.32 bits per heavy atom. The Balaban J connectivity index is 1.91. The summed E-state index contributed by atoms with van der Waals surface area (Å²) in [6.45, 7) is 0. The Labute approximate surface area is 156 Å². The van der Waals surface area contributed by atoms with Gasteiger partial charge in [0.2, 0.25) is 0 Å². The minimum absolute atomic E-state index is 0.0325. The highest BCUT2D eigenvalue weighted by molar-refractivity contribution is 8.26. The summed E-state index contributed by atoms with van der Waals surface area (Å²) in [6.07, 6.45) is 2.12. The number of carbonyl (C=O) groups is 1. The molecule has 2 fully saturated rings. The molecule has 1 atom stereocenters. The molecule has 0 bridgehead atoms. The summed E-state index contributed by atoms with van der Waals surface area (Å²) >= 11 is 6.48. The molecular weight excluding hydrogens is 382 g/mol. The maximum absolute atomic E-state index is 12.8. The normalized spacial score (nSPS) is 24.2. The van der Waals surface area contributed by atoms with Gasteiger partial charge in [-0.05, 0) is 18.6 Å². The maximum Gasteiger partial charge on any atom is 0.266 e. The second kappa shape index (κ2) is 6.97. The second-order valence-electron chi connectivity index (χ2n) is 5.69. The third kappa shape index (κ3) is 3.54. The van der Waals surface area contributed by atoms with Crippen molar-refractivity contribution < 1.29 is 22.7 Å². The number of thiocarbonyl (C=S) groups is 1. The highest BCUT2D eigenvalue weighted by Crippen LogP contribution is 2.39. The molecule has 25 heavy (non-hydrogen) atoms. The van der Waals surface area contributed by atoms with Crippen LogP contribution in [0.5, 0.6) is 11.5 Å². The van der Waals surface area contributed by atoms with E-state index in [9.17, 15) is 13.2 Å². The molecule has 0 N–H and O–H groups in total. The first-order chi connectivity index (χ1) is 11.9. The van der Waals surface area contributed by atoms with Gasteiger partial charge in [-0.1, -0.05) is 36.1 Å². The predicted molar refractivity (Wildman–Crippen MR) is 102 cm³/mol. The smallest absolute Gasteiger partial charge is 0.266 e. The van der Waals surface area contributed by atoms with E-state index in [0.29, 0.717) is 32.7 Å². The van der Waals surface area contributed by atoms with Gasteiger partial charge in [-0.2, -0.15) is 0 Å². The fraction of sp³-hybridized carbons (Fsp3) is 0.375. The Bertz CT molecular complexity index is 863. The Morgan fingerprint density at radius 2 is 2.08 bits per heavy atom. The van der Waals surface area contributed by atoms with Crippen molar-refractivity contribution >= 4 is 50.1 Å². The van der Waals surface area contributed by atoms with Gasteiger partial charge in [-0.3, -0.25) is 9.69 Å². The number of sulfone groups is 1. The first kappa shape index (κ1) is 18.2. The van der Waals surface area contributed by atoms with Crippen LogP contribution in [-0.4, -0.2) is 55.3 Å². The molecule has 1 unspecified atom stereocenters. The van der Waals surface area contributed by atoms with Crippen LogP contribution in [0.4, 0.5) is 0 Å². The van der Waals surface area contributed by atoms with E-state index < -0.39 is 9.84 Å². The molecule has 2 aliphatic rings. The molecule has 3 rings (SSSR count). The van der Waals surface area contributed by atoms with E-state index in [-0.39, 0.29) is 23.5 Å². The lowest BCUT2D eigenvalue weighted by atomic mass is 10.1. The number of ether oxygens (including phenoxy) is 2. The van der Waals surface area contributed by atoms with E-state index in [0.717, 1.165) is 0 Å². The van der Waals surface area contributed by atoms with Gasteiger partial charge >= 0.3 is 0 Å². The zero-order valence-corrected chi connectivity index (χ0v) is 16.2. The quantitative estimate of drug-likeness (QED) is 0.567. The van der Waals surface area contributed by atoms with Gasteiger partial charge in [-0.15, -0.1) is 0 Å². The van der Waals surface area contributed by atoms with Crippen molar-refractivity contribution in [2.24, 2.45) is 0 Å². The van der Waals surface area contributed by atoms with E-state index in [1.165, 1.54) is 23.8 Å². The fourth-order valence-corrected chi connectivity index (χ4v) is 6.03. The molecule has 134 valence electrons. The maximum atomic E-state index is 12.8. The number of para-hydroxylation sites is 1.